The van der Waals surface area contributed by atoms with E-state index in [0.717, 1.165) is 12.8 Å². The third-order valence-corrected chi connectivity index (χ3v) is 4.04. The average molecular weight is 380 g/mol. The van der Waals surface area contributed by atoms with E-state index >= 15 is 0 Å². The number of halogens is 2. The van der Waals surface area contributed by atoms with Crippen molar-refractivity contribution >= 4 is 37.8 Å². The van der Waals surface area contributed by atoms with Crippen LogP contribution in [0, 0.1) is 0 Å². The highest BCUT2D eigenvalue weighted by Crippen LogP contribution is 2.17. The molecule has 0 unspecified atom stereocenters. The van der Waals surface area contributed by atoms with Crippen LogP contribution < -0.4 is 5.32 Å². The topological polar surface area (TPSA) is 59.8 Å². The van der Waals surface area contributed by atoms with Crippen LogP contribution in [-0.4, -0.2) is 26.7 Å². The normalized spacial score (nSPS) is 17.4. The van der Waals surface area contributed by atoms with Crippen LogP contribution in [0.3, 0.4) is 0 Å². The Morgan fingerprint density at radius 1 is 1.28 bits per heavy atom. The number of rotatable bonds is 3. The minimum atomic E-state index is 0.000000000000000444. The van der Waals surface area contributed by atoms with Crippen molar-refractivity contribution in [2.45, 2.75) is 51.1 Å². The van der Waals surface area contributed by atoms with E-state index in [1.807, 2.05) is 0 Å². The molecule has 1 aromatic rings. The van der Waals surface area contributed by atoms with Gasteiger partial charge in [-0.1, -0.05) is 25.7 Å². The number of carbonyl (C=O) groups excluding carboxylic acids is 1. The largest absolute Gasteiger partial charge is 0.352 e. The quantitative estimate of drug-likeness (QED) is 0.821. The first kappa shape index (κ1) is 14.0. The Hall–Kier alpha value is -0.430. The van der Waals surface area contributed by atoms with Gasteiger partial charge in [-0.3, -0.25) is 4.79 Å². The Kier molecular flexibility index (Phi) is 5.17. The van der Waals surface area contributed by atoms with Crippen molar-refractivity contribution in [3.8, 4) is 0 Å². The molecule has 1 saturated carbocycles. The number of aromatic nitrogens is 3. The van der Waals surface area contributed by atoms with Crippen LogP contribution in [0.1, 0.15) is 38.5 Å². The molecule has 0 spiro atoms. The molecule has 1 heterocycles. The molecule has 1 aromatic heterocycles. The van der Waals surface area contributed by atoms with Gasteiger partial charge in [-0.05, 0) is 44.7 Å². The van der Waals surface area contributed by atoms with Gasteiger partial charge in [0.05, 0.1) is 0 Å². The van der Waals surface area contributed by atoms with E-state index in [1.165, 1.54) is 30.4 Å². The fraction of sp³-hybridized carbons (Fsp3) is 0.727. The molecule has 0 atom stereocenters. The first-order valence-corrected chi connectivity index (χ1v) is 7.79. The van der Waals surface area contributed by atoms with Crippen molar-refractivity contribution in [3.05, 3.63) is 9.47 Å². The maximum Gasteiger partial charge on any atom is 0.242 e. The van der Waals surface area contributed by atoms with Crippen molar-refractivity contribution in [1.29, 1.82) is 0 Å². The Labute approximate surface area is 123 Å². The molecule has 0 saturated heterocycles. The van der Waals surface area contributed by atoms with Crippen LogP contribution in [0.15, 0.2) is 9.47 Å². The molecule has 1 N–H and O–H groups in total. The van der Waals surface area contributed by atoms with Crippen LogP contribution in [0.2, 0.25) is 0 Å². The summed E-state index contributed by atoms with van der Waals surface area (Å²) in [5.41, 5.74) is 0. The second-order valence-corrected chi connectivity index (χ2v) is 5.98. The zero-order valence-corrected chi connectivity index (χ0v) is 13.2. The molecule has 1 amide bonds. The lowest BCUT2D eigenvalue weighted by Gasteiger charge is -2.16. The lowest BCUT2D eigenvalue weighted by molar-refractivity contribution is -0.122. The van der Waals surface area contributed by atoms with Crippen LogP contribution in [0.25, 0.3) is 0 Å². The van der Waals surface area contributed by atoms with Crippen LogP contribution in [0.4, 0.5) is 0 Å². The predicted octanol–water partition coefficient (Wildman–Crippen LogP) is 2.64. The Morgan fingerprint density at radius 2 is 1.94 bits per heavy atom. The van der Waals surface area contributed by atoms with Crippen molar-refractivity contribution < 1.29 is 4.79 Å². The maximum absolute atomic E-state index is 11.9. The summed E-state index contributed by atoms with van der Waals surface area (Å²) < 4.78 is 2.58. The summed E-state index contributed by atoms with van der Waals surface area (Å²) in [5, 5.41) is 7.16. The highest BCUT2D eigenvalue weighted by atomic mass is 79.9. The van der Waals surface area contributed by atoms with Crippen molar-refractivity contribution in [2.75, 3.05) is 0 Å². The fourth-order valence-electron chi connectivity index (χ4n) is 2.23. The minimum absolute atomic E-state index is 0.000000000000000444. The Morgan fingerprint density at radius 3 is 2.50 bits per heavy atom. The van der Waals surface area contributed by atoms with Crippen LogP contribution in [-0.2, 0) is 11.3 Å². The van der Waals surface area contributed by atoms with E-state index in [0.29, 0.717) is 15.5 Å². The van der Waals surface area contributed by atoms with Gasteiger partial charge in [-0.2, -0.15) is 4.98 Å². The monoisotopic (exact) mass is 378 g/mol. The molecule has 18 heavy (non-hydrogen) atoms. The molecule has 7 heteroatoms. The van der Waals surface area contributed by atoms with E-state index in [4.69, 9.17) is 0 Å². The number of nitrogens with zero attached hydrogens (tertiary/aromatic N) is 3. The summed E-state index contributed by atoms with van der Waals surface area (Å²) in [6, 6.07) is 0.325. The molecule has 0 bridgehead atoms. The molecule has 0 aromatic carbocycles. The second-order valence-electron chi connectivity index (χ2n) is 4.56. The molecule has 1 aliphatic carbocycles. The molecular weight excluding hydrogens is 364 g/mol. The number of carbonyl (C=O) groups is 1. The average Bonchev–Trinajstić information content (AvgIpc) is 2.54. The van der Waals surface area contributed by atoms with Gasteiger partial charge in [0.1, 0.15) is 6.54 Å². The molecule has 2 rings (SSSR count). The maximum atomic E-state index is 11.9. The summed E-state index contributed by atoms with van der Waals surface area (Å²) in [6.45, 7) is 0.204. The molecule has 100 valence electrons. The minimum Gasteiger partial charge on any atom is -0.352 e. The van der Waals surface area contributed by atoms with Gasteiger partial charge in [0.15, 0.2) is 4.73 Å². The summed E-state index contributed by atoms with van der Waals surface area (Å²) in [7, 11) is 0. The SMILES string of the molecule is O=C(Cn1nc(Br)nc1Br)NC1CCCCCC1. The number of hydrogen-bond donors (Lipinski definition) is 1. The van der Waals surface area contributed by atoms with Crippen molar-refractivity contribution in [2.24, 2.45) is 0 Å². The first-order chi connectivity index (χ1) is 8.65. The van der Waals surface area contributed by atoms with E-state index < -0.39 is 0 Å². The molecule has 0 aliphatic heterocycles. The lowest BCUT2D eigenvalue weighted by atomic mass is 10.1. The standard InChI is InChI=1S/C11H16Br2N4O/c12-10-15-11(13)17(16-10)7-9(18)14-8-5-3-1-2-4-6-8/h8H,1-7H2,(H,14,18). The van der Waals surface area contributed by atoms with Gasteiger partial charge < -0.3 is 5.32 Å². The summed E-state index contributed by atoms with van der Waals surface area (Å²) >= 11 is 6.44. The zero-order valence-electron chi connectivity index (χ0n) is 10.0. The number of nitrogens with one attached hydrogen (secondary N) is 1. The Bertz CT molecular complexity index is 413. The highest BCUT2D eigenvalue weighted by molar-refractivity contribution is 9.11. The predicted molar refractivity (Wildman–Crippen MR) is 75.1 cm³/mol. The van der Waals surface area contributed by atoms with E-state index in [-0.39, 0.29) is 12.5 Å². The molecular formula is C11H16Br2N4O. The van der Waals surface area contributed by atoms with Crippen molar-refractivity contribution in [3.63, 3.8) is 0 Å². The molecule has 1 aliphatic rings. The third-order valence-electron chi connectivity index (χ3n) is 3.11. The molecule has 0 radical (unpaired) electrons. The zero-order chi connectivity index (χ0) is 13.0. The number of amides is 1. The van der Waals surface area contributed by atoms with E-state index in [2.05, 4.69) is 47.3 Å². The third kappa shape index (κ3) is 4.05. The Balaban J connectivity index is 1.86. The fourth-order valence-corrected chi connectivity index (χ4v) is 3.20. The molecule has 1 fully saturated rings. The lowest BCUT2D eigenvalue weighted by Crippen LogP contribution is -2.36. The highest BCUT2D eigenvalue weighted by Gasteiger charge is 2.16. The first-order valence-electron chi connectivity index (χ1n) is 6.20. The smallest absolute Gasteiger partial charge is 0.242 e. The van der Waals surface area contributed by atoms with Crippen molar-refractivity contribution in [1.82, 2.24) is 20.1 Å². The molecule has 5 nitrogen and oxygen atoms in total. The van der Waals surface area contributed by atoms with Gasteiger partial charge in [-0.25, -0.2) is 4.68 Å². The van der Waals surface area contributed by atoms with Crippen LogP contribution in [0.5, 0.6) is 0 Å². The van der Waals surface area contributed by atoms with Gasteiger partial charge in [-0.15, -0.1) is 5.10 Å². The van der Waals surface area contributed by atoms with E-state index in [9.17, 15) is 4.79 Å². The van der Waals surface area contributed by atoms with Gasteiger partial charge in [0.25, 0.3) is 0 Å². The van der Waals surface area contributed by atoms with Gasteiger partial charge in [0.2, 0.25) is 10.6 Å². The second kappa shape index (κ2) is 6.65. The van der Waals surface area contributed by atoms with Gasteiger partial charge >= 0.3 is 0 Å². The van der Waals surface area contributed by atoms with Gasteiger partial charge in [0, 0.05) is 6.04 Å². The number of hydrogen-bond acceptors (Lipinski definition) is 3. The van der Waals surface area contributed by atoms with E-state index in [1.54, 1.807) is 0 Å². The summed E-state index contributed by atoms with van der Waals surface area (Å²) in [4.78, 5) is 15.9. The van der Waals surface area contributed by atoms with Crippen LogP contribution >= 0.6 is 31.9 Å². The summed E-state index contributed by atoms with van der Waals surface area (Å²) in [6.07, 6.45) is 7.18. The summed E-state index contributed by atoms with van der Waals surface area (Å²) in [5.74, 6) is 0.000000000000000444.